The van der Waals surface area contributed by atoms with Gasteiger partial charge in [0.25, 0.3) is 5.69 Å². The molecule has 0 bridgehead atoms. The van der Waals surface area contributed by atoms with E-state index < -0.39 is 27.7 Å². The first-order chi connectivity index (χ1) is 11.1. The van der Waals surface area contributed by atoms with Gasteiger partial charge >= 0.3 is 51.4 Å². The fourth-order valence-corrected chi connectivity index (χ4v) is 3.01. The molecule has 1 fully saturated rings. The summed E-state index contributed by atoms with van der Waals surface area (Å²) in [6.07, 6.45) is 0.296. The van der Waals surface area contributed by atoms with Crippen molar-refractivity contribution < 1.29 is 70.8 Å². The summed E-state index contributed by atoms with van der Waals surface area (Å²) in [6, 6.07) is 5.15. The molecule has 0 heterocycles. The van der Waals surface area contributed by atoms with Crippen LogP contribution in [-0.4, -0.2) is 28.0 Å². The summed E-state index contributed by atoms with van der Waals surface area (Å²) in [7, 11) is 0. The van der Waals surface area contributed by atoms with E-state index in [1.165, 1.54) is 24.3 Å². The molecule has 1 aromatic carbocycles. The second-order valence-corrected chi connectivity index (χ2v) is 6.69. The van der Waals surface area contributed by atoms with Gasteiger partial charge in [0.2, 0.25) is 0 Å². The summed E-state index contributed by atoms with van der Waals surface area (Å²) >= 11 is 0. The molecule has 1 saturated carbocycles. The van der Waals surface area contributed by atoms with Gasteiger partial charge < -0.3 is 9.59 Å². The fraction of sp³-hybridized carbons (Fsp3) is 0.438. The van der Waals surface area contributed by atoms with Crippen molar-refractivity contribution in [3.63, 3.8) is 0 Å². The summed E-state index contributed by atoms with van der Waals surface area (Å²) in [5, 5.41) is 21.7. The molecule has 1 aromatic rings. The molecule has 0 aromatic heterocycles. The quantitative estimate of drug-likeness (QED) is 0.297. The molecule has 1 aliphatic carbocycles. The Kier molecular flexibility index (Phi) is 7.45. The Hall–Kier alpha value is -1.13. The number of nitrogens with zero attached hydrogens (tertiary/aromatic N) is 2. The predicted octanol–water partition coefficient (Wildman–Crippen LogP) is -0.508. The van der Waals surface area contributed by atoms with Gasteiger partial charge in [-0.2, -0.15) is 0 Å². The minimum Gasteiger partial charge on any atom is -0.334 e. The molecule has 0 aliphatic heterocycles. The van der Waals surface area contributed by atoms with E-state index in [0.717, 1.165) is 0 Å². The number of nitro groups is 2. The Morgan fingerprint density at radius 3 is 1.96 bits per heavy atom. The van der Waals surface area contributed by atoms with Crippen molar-refractivity contribution in [1.29, 1.82) is 0 Å². The molecule has 2 rings (SSSR count). The van der Waals surface area contributed by atoms with Gasteiger partial charge in [-0.15, -0.1) is 0 Å². The van der Waals surface area contributed by atoms with Crippen molar-refractivity contribution in [2.24, 2.45) is 5.41 Å². The largest absolute Gasteiger partial charge is 1.00 e. The first-order valence-corrected chi connectivity index (χ1v) is 7.40. The number of non-ortho nitro benzene ring substituents is 1. The number of benzene rings is 1. The first kappa shape index (κ1) is 21.9. The summed E-state index contributed by atoms with van der Waals surface area (Å²) < 4.78 is 0. The molecule has 0 amide bonds. The van der Waals surface area contributed by atoms with Gasteiger partial charge in [-0.05, 0) is 24.2 Å². The molecular weight excluding hydrogens is 355 g/mol. The van der Waals surface area contributed by atoms with Crippen molar-refractivity contribution in [3.8, 4) is 0 Å². The molecule has 0 saturated heterocycles. The van der Waals surface area contributed by atoms with E-state index in [-0.39, 0.29) is 87.4 Å². The van der Waals surface area contributed by atoms with E-state index >= 15 is 0 Å². The van der Waals surface area contributed by atoms with Gasteiger partial charge in [0, 0.05) is 28.6 Å². The van der Waals surface area contributed by atoms with Gasteiger partial charge in [-0.25, -0.2) is 5.92 Å². The van der Waals surface area contributed by atoms with Gasteiger partial charge in [0.15, 0.2) is 6.54 Å². The number of rotatable bonds is 5. The number of carbonyl (C=O) groups excluding carboxylic acids is 2. The minimum absolute atomic E-state index is 0. The predicted molar refractivity (Wildman–Crippen MR) is 84.0 cm³/mol. The number of carbonyl (C=O) groups is 2. The third-order valence-electron chi connectivity index (χ3n) is 4.07. The number of ketones is 2. The number of hydrogen-bond donors (Lipinski definition) is 0. The van der Waals surface area contributed by atoms with Gasteiger partial charge in [-0.3, -0.25) is 20.2 Å². The molecule has 1 aliphatic rings. The third kappa shape index (κ3) is 5.42. The molecule has 25 heavy (non-hydrogen) atoms. The second kappa shape index (κ2) is 8.50. The molecule has 0 spiro atoms. The van der Waals surface area contributed by atoms with Crippen LogP contribution in [0.25, 0.3) is 0 Å². The van der Waals surface area contributed by atoms with E-state index in [2.05, 4.69) is 0 Å². The smallest absolute Gasteiger partial charge is 0.334 e. The van der Waals surface area contributed by atoms with E-state index in [1.54, 1.807) is 13.8 Å². The molecule has 1 unspecified atom stereocenters. The molecule has 0 N–H and O–H groups in total. The zero-order valence-corrected chi connectivity index (χ0v) is 17.5. The van der Waals surface area contributed by atoms with Crippen molar-refractivity contribution in [2.45, 2.75) is 32.6 Å². The topological polar surface area (TPSA) is 120 Å². The molecule has 128 valence electrons. The Balaban J connectivity index is 0.00000312. The van der Waals surface area contributed by atoms with Crippen molar-refractivity contribution in [2.75, 3.05) is 6.54 Å². The van der Waals surface area contributed by atoms with Crippen molar-refractivity contribution in [3.05, 3.63) is 56.0 Å². The van der Waals surface area contributed by atoms with E-state index in [9.17, 15) is 29.8 Å². The fourth-order valence-electron chi connectivity index (χ4n) is 3.01. The van der Waals surface area contributed by atoms with Crippen LogP contribution in [0.5, 0.6) is 0 Å². The van der Waals surface area contributed by atoms with Crippen LogP contribution >= 0.6 is 0 Å². The van der Waals surface area contributed by atoms with Crippen LogP contribution in [0, 0.1) is 31.6 Å². The van der Waals surface area contributed by atoms with Crippen LogP contribution < -0.4 is 51.4 Å². The van der Waals surface area contributed by atoms with E-state index in [4.69, 9.17) is 0 Å². The molecule has 1 atom stereocenters. The summed E-state index contributed by atoms with van der Waals surface area (Å²) in [5.41, 5.74) is -0.272. The molecular formula is C16H17KN2O6. The Morgan fingerprint density at radius 1 is 1.08 bits per heavy atom. The summed E-state index contributed by atoms with van der Waals surface area (Å²) in [6.45, 7) is 2.99. The van der Waals surface area contributed by atoms with Crippen LogP contribution in [0.4, 0.5) is 5.69 Å². The van der Waals surface area contributed by atoms with E-state index in [0.29, 0.717) is 5.56 Å². The standard InChI is InChI=1S/C16H17N2O6.K/c1-16(2)7-13(19)15(14(20)8-16)12(9-17(21)22)10-3-5-11(6-4-10)18(23)24;/h3-6,12H,7-9H2,1-2H3;/q-1;+1. The van der Waals surface area contributed by atoms with Crippen molar-refractivity contribution >= 4 is 17.3 Å². The normalized spacial score (nSPS) is 17.6. The third-order valence-corrected chi connectivity index (χ3v) is 4.07. The van der Waals surface area contributed by atoms with Crippen LogP contribution in [0.3, 0.4) is 0 Å². The Morgan fingerprint density at radius 2 is 1.56 bits per heavy atom. The maximum absolute atomic E-state index is 12.4. The summed E-state index contributed by atoms with van der Waals surface area (Å²) in [5.74, 6) is -1.83. The number of Topliss-reactive ketones (excluding diaryl/α,β-unsaturated/α-hetero) is 2. The van der Waals surface area contributed by atoms with E-state index in [1.807, 2.05) is 0 Å². The zero-order valence-electron chi connectivity index (χ0n) is 14.4. The minimum atomic E-state index is -0.989. The van der Waals surface area contributed by atoms with Gasteiger partial charge in [-0.1, -0.05) is 31.5 Å². The SMILES string of the molecule is CC1(C)CC(=O)[C-](C(C[N+](=O)[O-])c2ccc([N+](=O)[O-])cc2)C(=O)C1.[K+]. The maximum atomic E-state index is 12.4. The maximum Gasteiger partial charge on any atom is 1.00 e. The average Bonchev–Trinajstić information content (AvgIpc) is 2.43. The van der Waals surface area contributed by atoms with Crippen LogP contribution in [-0.2, 0) is 9.59 Å². The van der Waals surface area contributed by atoms with Gasteiger partial charge in [0.1, 0.15) is 0 Å². The number of hydrogen-bond acceptors (Lipinski definition) is 6. The van der Waals surface area contributed by atoms with Crippen LogP contribution in [0.1, 0.15) is 38.2 Å². The average molecular weight is 372 g/mol. The Labute approximate surface area is 187 Å². The Bertz CT molecular complexity index is 681. The first-order valence-electron chi connectivity index (χ1n) is 7.40. The second-order valence-electron chi connectivity index (χ2n) is 6.69. The number of nitro benzene ring substituents is 1. The monoisotopic (exact) mass is 372 g/mol. The summed E-state index contributed by atoms with van der Waals surface area (Å²) in [4.78, 5) is 45.4. The zero-order chi connectivity index (χ0) is 18.1. The van der Waals surface area contributed by atoms with Crippen LogP contribution in [0.15, 0.2) is 24.3 Å². The molecule has 9 heteroatoms. The van der Waals surface area contributed by atoms with Crippen LogP contribution in [0.2, 0.25) is 0 Å². The van der Waals surface area contributed by atoms with Gasteiger partial charge in [0.05, 0.1) is 4.92 Å². The van der Waals surface area contributed by atoms with Crippen molar-refractivity contribution in [1.82, 2.24) is 0 Å². The molecule has 8 nitrogen and oxygen atoms in total. The molecule has 0 radical (unpaired) electrons.